The Labute approximate surface area is 144 Å². The van der Waals surface area contributed by atoms with Crippen LogP contribution in [0.1, 0.15) is 35.6 Å². The van der Waals surface area contributed by atoms with E-state index < -0.39 is 0 Å². The van der Waals surface area contributed by atoms with Crippen LogP contribution in [0, 0.1) is 0 Å². The molecule has 0 aliphatic heterocycles. The third-order valence-corrected chi connectivity index (χ3v) is 4.24. The number of aromatic nitrogens is 4. The molecule has 1 fully saturated rings. The number of anilines is 1. The molecule has 1 aliphatic carbocycles. The Bertz CT molecular complexity index is 894. The fourth-order valence-corrected chi connectivity index (χ4v) is 2.77. The lowest BCUT2D eigenvalue weighted by Gasteiger charge is -2.03. The Morgan fingerprint density at radius 1 is 1.32 bits per heavy atom. The van der Waals surface area contributed by atoms with Crippen LogP contribution in [0.5, 0.6) is 0 Å². The molecule has 7 nitrogen and oxygen atoms in total. The topological polar surface area (TPSA) is 95.8 Å². The van der Waals surface area contributed by atoms with Crippen molar-refractivity contribution in [3.63, 3.8) is 0 Å². The van der Waals surface area contributed by atoms with Gasteiger partial charge in [-0.2, -0.15) is 10.2 Å². The van der Waals surface area contributed by atoms with Crippen LogP contribution in [-0.4, -0.2) is 31.0 Å². The van der Waals surface area contributed by atoms with Crippen molar-refractivity contribution >= 4 is 11.7 Å². The van der Waals surface area contributed by atoms with Gasteiger partial charge in [0, 0.05) is 23.9 Å². The van der Waals surface area contributed by atoms with E-state index in [1.54, 1.807) is 10.9 Å². The molecule has 128 valence electrons. The van der Waals surface area contributed by atoms with Crippen molar-refractivity contribution in [1.82, 2.24) is 20.0 Å². The first-order chi connectivity index (χ1) is 12.2. The lowest BCUT2D eigenvalue weighted by molar-refractivity contribution is -0.115. The zero-order valence-electron chi connectivity index (χ0n) is 13.6. The van der Waals surface area contributed by atoms with E-state index in [1.165, 1.54) is 12.8 Å². The zero-order valence-corrected chi connectivity index (χ0v) is 13.6. The normalized spacial score (nSPS) is 13.8. The quantitative estimate of drug-likeness (QED) is 0.642. The van der Waals surface area contributed by atoms with Crippen molar-refractivity contribution in [2.75, 3.05) is 5.32 Å². The van der Waals surface area contributed by atoms with Gasteiger partial charge in [-0.25, -0.2) is 4.68 Å². The molecule has 25 heavy (non-hydrogen) atoms. The molecule has 7 heteroatoms. The lowest BCUT2D eigenvalue weighted by Crippen LogP contribution is -2.14. The second-order valence-electron chi connectivity index (χ2n) is 6.33. The number of aliphatic hydroxyl groups is 1. The summed E-state index contributed by atoms with van der Waals surface area (Å²) in [5.74, 6) is 1.01. The van der Waals surface area contributed by atoms with Crippen LogP contribution in [0.25, 0.3) is 5.69 Å². The standard InChI is InChI=1S/C18H19N5O2/c24-11-12-2-1-3-15(6-12)23-10-13(9-19-23)7-18(25)20-17-8-16(21-22-17)14-4-5-14/h1-3,6,8-10,14,24H,4-5,7,11H2,(H2,20,21,22,25). The van der Waals surface area contributed by atoms with Gasteiger partial charge < -0.3 is 10.4 Å². The summed E-state index contributed by atoms with van der Waals surface area (Å²) >= 11 is 0. The molecule has 2 aromatic heterocycles. The summed E-state index contributed by atoms with van der Waals surface area (Å²) in [6.07, 6.45) is 6.09. The Balaban J connectivity index is 1.40. The van der Waals surface area contributed by atoms with Gasteiger partial charge >= 0.3 is 0 Å². The Morgan fingerprint density at radius 2 is 2.20 bits per heavy atom. The van der Waals surface area contributed by atoms with Crippen LogP contribution in [0.3, 0.4) is 0 Å². The number of H-pyrrole nitrogens is 1. The van der Waals surface area contributed by atoms with Gasteiger partial charge in [0.05, 0.1) is 24.9 Å². The molecule has 0 spiro atoms. The Hall–Kier alpha value is -2.93. The van der Waals surface area contributed by atoms with Crippen LogP contribution in [0.2, 0.25) is 0 Å². The molecule has 0 radical (unpaired) electrons. The van der Waals surface area contributed by atoms with Crippen molar-refractivity contribution in [1.29, 1.82) is 0 Å². The van der Waals surface area contributed by atoms with Crippen LogP contribution in [0.15, 0.2) is 42.7 Å². The molecule has 1 aromatic carbocycles. The first-order valence-electron chi connectivity index (χ1n) is 8.30. The molecule has 2 heterocycles. The van der Waals surface area contributed by atoms with Gasteiger partial charge in [0.25, 0.3) is 0 Å². The van der Waals surface area contributed by atoms with Gasteiger partial charge in [0.2, 0.25) is 5.91 Å². The highest BCUT2D eigenvalue weighted by Crippen LogP contribution is 2.39. The van der Waals surface area contributed by atoms with E-state index in [0.29, 0.717) is 11.7 Å². The number of hydrogen-bond acceptors (Lipinski definition) is 4. The summed E-state index contributed by atoms with van der Waals surface area (Å²) in [7, 11) is 0. The molecule has 1 amide bonds. The molecule has 3 N–H and O–H groups in total. The molecular weight excluding hydrogens is 318 g/mol. The lowest BCUT2D eigenvalue weighted by atomic mass is 10.2. The molecule has 0 atom stereocenters. The van der Waals surface area contributed by atoms with E-state index in [2.05, 4.69) is 20.6 Å². The second-order valence-corrected chi connectivity index (χ2v) is 6.33. The SMILES string of the molecule is O=C(Cc1cnn(-c2cccc(CO)c2)c1)Nc1cc(C2CC2)[nH]n1. The molecule has 4 rings (SSSR count). The minimum Gasteiger partial charge on any atom is -0.392 e. The highest BCUT2D eigenvalue weighted by Gasteiger charge is 2.25. The monoisotopic (exact) mass is 337 g/mol. The van der Waals surface area contributed by atoms with E-state index in [9.17, 15) is 9.90 Å². The van der Waals surface area contributed by atoms with Gasteiger partial charge in [0.1, 0.15) is 0 Å². The predicted molar refractivity (Wildman–Crippen MR) is 92.4 cm³/mol. The molecule has 1 aliphatic rings. The maximum Gasteiger partial charge on any atom is 0.230 e. The number of rotatable bonds is 6. The Morgan fingerprint density at radius 3 is 3.00 bits per heavy atom. The number of aliphatic hydroxyl groups excluding tert-OH is 1. The summed E-state index contributed by atoms with van der Waals surface area (Å²) in [4.78, 5) is 12.2. The summed E-state index contributed by atoms with van der Waals surface area (Å²) in [6, 6.07) is 9.38. The number of aromatic amines is 1. The summed E-state index contributed by atoms with van der Waals surface area (Å²) in [5.41, 5.74) is 3.56. The fourth-order valence-electron chi connectivity index (χ4n) is 2.77. The van der Waals surface area contributed by atoms with Gasteiger partial charge in [0.15, 0.2) is 5.82 Å². The smallest absolute Gasteiger partial charge is 0.230 e. The Kier molecular flexibility index (Phi) is 4.07. The maximum atomic E-state index is 12.2. The number of carbonyl (C=O) groups is 1. The molecular formula is C18H19N5O2. The average molecular weight is 337 g/mol. The van der Waals surface area contributed by atoms with Crippen LogP contribution in [0.4, 0.5) is 5.82 Å². The number of hydrogen-bond donors (Lipinski definition) is 3. The minimum atomic E-state index is -0.127. The number of nitrogens with zero attached hydrogens (tertiary/aromatic N) is 3. The number of nitrogens with one attached hydrogen (secondary N) is 2. The highest BCUT2D eigenvalue weighted by atomic mass is 16.3. The van der Waals surface area contributed by atoms with Crippen molar-refractivity contribution < 1.29 is 9.90 Å². The van der Waals surface area contributed by atoms with E-state index in [0.717, 1.165) is 22.5 Å². The molecule has 1 saturated carbocycles. The molecule has 0 saturated heterocycles. The predicted octanol–water partition coefficient (Wildman–Crippen LogP) is 2.15. The van der Waals surface area contributed by atoms with Crippen LogP contribution >= 0.6 is 0 Å². The number of benzene rings is 1. The zero-order chi connectivity index (χ0) is 17.2. The highest BCUT2D eigenvalue weighted by molar-refractivity contribution is 5.91. The summed E-state index contributed by atoms with van der Waals surface area (Å²) < 4.78 is 1.70. The van der Waals surface area contributed by atoms with E-state index in [1.807, 2.05) is 36.5 Å². The van der Waals surface area contributed by atoms with Gasteiger partial charge in [-0.15, -0.1) is 0 Å². The first kappa shape index (κ1) is 15.6. The average Bonchev–Trinajstić information content (AvgIpc) is 3.20. The van der Waals surface area contributed by atoms with Crippen molar-refractivity contribution in [2.24, 2.45) is 0 Å². The van der Waals surface area contributed by atoms with E-state index in [4.69, 9.17) is 0 Å². The van der Waals surface area contributed by atoms with Crippen LogP contribution in [-0.2, 0) is 17.8 Å². The summed E-state index contributed by atoms with van der Waals surface area (Å²) in [5, 5.41) is 23.4. The van der Waals surface area contributed by atoms with Gasteiger partial charge in [-0.1, -0.05) is 12.1 Å². The van der Waals surface area contributed by atoms with Gasteiger partial charge in [-0.05, 0) is 36.1 Å². The summed E-state index contributed by atoms with van der Waals surface area (Å²) in [6.45, 7) is -0.0170. The number of amides is 1. The molecule has 0 bridgehead atoms. The second kappa shape index (κ2) is 6.52. The first-order valence-corrected chi connectivity index (χ1v) is 8.30. The fraction of sp³-hybridized carbons (Fsp3) is 0.278. The maximum absolute atomic E-state index is 12.2. The third kappa shape index (κ3) is 3.61. The minimum absolute atomic E-state index is 0.0170. The van der Waals surface area contributed by atoms with Gasteiger partial charge in [-0.3, -0.25) is 9.89 Å². The number of carbonyl (C=O) groups excluding carboxylic acids is 1. The van der Waals surface area contributed by atoms with Crippen molar-refractivity contribution in [2.45, 2.75) is 31.8 Å². The van der Waals surface area contributed by atoms with E-state index in [-0.39, 0.29) is 18.9 Å². The van der Waals surface area contributed by atoms with Crippen molar-refractivity contribution in [3.05, 3.63) is 59.5 Å². The molecule has 3 aromatic rings. The van der Waals surface area contributed by atoms with Crippen molar-refractivity contribution in [3.8, 4) is 5.69 Å². The molecule has 0 unspecified atom stereocenters. The largest absolute Gasteiger partial charge is 0.392 e. The van der Waals surface area contributed by atoms with Crippen LogP contribution < -0.4 is 5.32 Å². The van der Waals surface area contributed by atoms with E-state index >= 15 is 0 Å². The third-order valence-electron chi connectivity index (χ3n) is 4.24.